The molecule has 0 spiro atoms. The molecule has 2 amide bonds. The normalized spacial score (nSPS) is 12.5. The number of alkyl halides is 3. The lowest BCUT2D eigenvalue weighted by molar-refractivity contribution is -0.139. The average Bonchev–Trinajstić information content (AvgIpc) is 2.50. The van der Waals surface area contributed by atoms with Crippen LogP contribution in [-0.4, -0.2) is 17.7 Å². The second kappa shape index (κ2) is 7.43. The van der Waals surface area contributed by atoms with Gasteiger partial charge in [-0.15, -0.1) is 0 Å². The monoisotopic (exact) mass is 353 g/mol. The van der Waals surface area contributed by atoms with Crippen LogP contribution in [0.3, 0.4) is 0 Å². The molecule has 2 rings (SSSR count). The van der Waals surface area contributed by atoms with E-state index in [1.807, 2.05) is 0 Å². The molecule has 0 aliphatic rings. The van der Waals surface area contributed by atoms with Gasteiger partial charge in [0.2, 0.25) is 0 Å². The summed E-state index contributed by atoms with van der Waals surface area (Å²) in [5, 5.41) is 14.9. The van der Waals surface area contributed by atoms with Crippen LogP contribution < -0.4 is 16.4 Å². The number of amides is 2. The summed E-state index contributed by atoms with van der Waals surface area (Å²) in [4.78, 5) is 11.9. The molecule has 2 aromatic carbocycles. The van der Waals surface area contributed by atoms with Gasteiger partial charge in [0.1, 0.15) is 0 Å². The molecule has 25 heavy (non-hydrogen) atoms. The third kappa shape index (κ3) is 5.12. The maximum Gasteiger partial charge on any atom is 0.416 e. The third-order valence-corrected chi connectivity index (χ3v) is 3.44. The summed E-state index contributed by atoms with van der Waals surface area (Å²) in [6.07, 6.45) is -6.08. The largest absolute Gasteiger partial charge is 0.416 e. The molecule has 0 aromatic heterocycles. The zero-order chi connectivity index (χ0) is 18.6. The van der Waals surface area contributed by atoms with E-state index < -0.39 is 23.9 Å². The van der Waals surface area contributed by atoms with Crippen molar-refractivity contribution in [3.8, 4) is 0 Å². The molecular formula is C17H18F3N3O2. The van der Waals surface area contributed by atoms with Gasteiger partial charge in [-0.25, -0.2) is 4.79 Å². The summed E-state index contributed by atoms with van der Waals surface area (Å²) in [6, 6.07) is 8.98. The quantitative estimate of drug-likeness (QED) is 0.635. The van der Waals surface area contributed by atoms with Crippen molar-refractivity contribution in [2.75, 3.05) is 17.6 Å². The number of halogens is 3. The van der Waals surface area contributed by atoms with Crippen molar-refractivity contribution in [3.63, 3.8) is 0 Å². The molecule has 0 aliphatic carbocycles. The summed E-state index contributed by atoms with van der Waals surface area (Å²) in [6.45, 7) is 1.43. The highest BCUT2D eigenvalue weighted by Crippen LogP contribution is 2.34. The molecule has 8 heteroatoms. The minimum atomic E-state index is -4.58. The number of anilines is 2. The number of hydrogen-bond donors (Lipinski definition) is 4. The Hall–Kier alpha value is -2.74. The first kappa shape index (κ1) is 18.6. The lowest BCUT2D eigenvalue weighted by Gasteiger charge is -2.18. The van der Waals surface area contributed by atoms with Crippen LogP contribution in [0.2, 0.25) is 0 Å². The SMILES string of the molecule is Cc1cc(N)cc(NC(=O)NCC(O)c2ccccc2C(F)(F)F)c1. The van der Waals surface area contributed by atoms with Gasteiger partial charge in [0.05, 0.1) is 11.7 Å². The fourth-order valence-corrected chi connectivity index (χ4v) is 2.41. The smallest absolute Gasteiger partial charge is 0.399 e. The van der Waals surface area contributed by atoms with E-state index in [9.17, 15) is 23.1 Å². The fraction of sp³-hybridized carbons (Fsp3) is 0.235. The van der Waals surface area contributed by atoms with E-state index >= 15 is 0 Å². The minimum absolute atomic E-state index is 0.296. The maximum absolute atomic E-state index is 12.9. The molecule has 0 aliphatic heterocycles. The number of rotatable bonds is 4. The first-order valence-electron chi connectivity index (χ1n) is 7.43. The highest BCUT2D eigenvalue weighted by atomic mass is 19.4. The van der Waals surface area contributed by atoms with Crippen molar-refractivity contribution in [3.05, 3.63) is 59.2 Å². The minimum Gasteiger partial charge on any atom is -0.399 e. The second-order valence-corrected chi connectivity index (χ2v) is 5.57. The fourth-order valence-electron chi connectivity index (χ4n) is 2.41. The van der Waals surface area contributed by atoms with Crippen molar-refractivity contribution in [1.29, 1.82) is 0 Å². The number of aliphatic hydroxyl groups excluding tert-OH is 1. The van der Waals surface area contributed by atoms with E-state index in [1.54, 1.807) is 25.1 Å². The predicted molar refractivity (Wildman–Crippen MR) is 89.0 cm³/mol. The highest BCUT2D eigenvalue weighted by Gasteiger charge is 2.34. The lowest BCUT2D eigenvalue weighted by Crippen LogP contribution is -2.33. The first-order valence-corrected chi connectivity index (χ1v) is 7.43. The van der Waals surface area contributed by atoms with Gasteiger partial charge in [0, 0.05) is 17.9 Å². The number of carbonyl (C=O) groups excluding carboxylic acids is 1. The summed E-state index contributed by atoms with van der Waals surface area (Å²) in [5.41, 5.74) is 6.20. The molecule has 0 radical (unpaired) electrons. The van der Waals surface area contributed by atoms with E-state index in [0.717, 1.165) is 11.6 Å². The Kier molecular flexibility index (Phi) is 5.53. The maximum atomic E-state index is 12.9. The number of nitrogens with two attached hydrogens (primary N) is 1. The van der Waals surface area contributed by atoms with Crippen LogP contribution in [0, 0.1) is 6.92 Å². The number of nitrogen functional groups attached to an aromatic ring is 1. The third-order valence-electron chi connectivity index (χ3n) is 3.44. The number of benzene rings is 2. The highest BCUT2D eigenvalue weighted by molar-refractivity contribution is 5.89. The Morgan fingerprint density at radius 1 is 1.24 bits per heavy atom. The van der Waals surface area contributed by atoms with E-state index in [1.165, 1.54) is 18.2 Å². The van der Waals surface area contributed by atoms with Crippen LogP contribution in [0.15, 0.2) is 42.5 Å². The van der Waals surface area contributed by atoms with Gasteiger partial charge in [-0.05, 0) is 42.3 Å². The van der Waals surface area contributed by atoms with Gasteiger partial charge in [-0.3, -0.25) is 0 Å². The summed E-state index contributed by atoms with van der Waals surface area (Å²) < 4.78 is 38.8. The summed E-state index contributed by atoms with van der Waals surface area (Å²) >= 11 is 0. The molecule has 1 atom stereocenters. The second-order valence-electron chi connectivity index (χ2n) is 5.57. The number of aliphatic hydroxyl groups is 1. The molecule has 2 aromatic rings. The molecule has 0 bridgehead atoms. The average molecular weight is 353 g/mol. The Balaban J connectivity index is 2.00. The lowest BCUT2D eigenvalue weighted by atomic mass is 10.0. The van der Waals surface area contributed by atoms with Crippen molar-refractivity contribution in [2.45, 2.75) is 19.2 Å². The van der Waals surface area contributed by atoms with Crippen LogP contribution in [0.4, 0.5) is 29.3 Å². The molecule has 134 valence electrons. The van der Waals surface area contributed by atoms with Gasteiger partial charge in [-0.2, -0.15) is 13.2 Å². The zero-order valence-corrected chi connectivity index (χ0v) is 13.4. The first-order chi connectivity index (χ1) is 11.7. The summed E-state index contributed by atoms with van der Waals surface area (Å²) in [7, 11) is 0. The topological polar surface area (TPSA) is 87.4 Å². The van der Waals surface area contributed by atoms with Crippen LogP contribution in [0.25, 0.3) is 0 Å². The van der Waals surface area contributed by atoms with Crippen LogP contribution in [0.5, 0.6) is 0 Å². The van der Waals surface area contributed by atoms with Crippen molar-refractivity contribution in [2.24, 2.45) is 0 Å². The standard InChI is InChI=1S/C17H18F3N3O2/c1-10-6-11(21)8-12(7-10)23-16(25)22-9-15(24)13-4-2-3-5-14(13)17(18,19)20/h2-8,15,24H,9,21H2,1H3,(H2,22,23,25). The van der Waals surface area contributed by atoms with Crippen LogP contribution >= 0.6 is 0 Å². The molecule has 5 nitrogen and oxygen atoms in total. The summed E-state index contributed by atoms with van der Waals surface area (Å²) in [5.74, 6) is 0. The van der Waals surface area contributed by atoms with Crippen LogP contribution in [0.1, 0.15) is 22.8 Å². The molecule has 0 saturated heterocycles. The molecule has 1 unspecified atom stereocenters. The van der Waals surface area contributed by atoms with E-state index in [0.29, 0.717) is 11.4 Å². The molecule has 0 heterocycles. The van der Waals surface area contributed by atoms with Gasteiger partial charge in [0.25, 0.3) is 0 Å². The van der Waals surface area contributed by atoms with E-state index in [-0.39, 0.29) is 12.1 Å². The number of nitrogens with one attached hydrogen (secondary N) is 2. The Bertz CT molecular complexity index is 743. The number of hydrogen-bond acceptors (Lipinski definition) is 3. The van der Waals surface area contributed by atoms with E-state index in [2.05, 4.69) is 10.6 Å². The van der Waals surface area contributed by atoms with Crippen LogP contribution in [-0.2, 0) is 6.18 Å². The number of carbonyl (C=O) groups is 1. The number of urea groups is 1. The van der Waals surface area contributed by atoms with E-state index in [4.69, 9.17) is 5.73 Å². The Morgan fingerprint density at radius 2 is 1.92 bits per heavy atom. The molecule has 5 N–H and O–H groups in total. The van der Waals surface area contributed by atoms with Crippen molar-refractivity contribution >= 4 is 17.4 Å². The Labute approximate surface area is 142 Å². The number of aryl methyl sites for hydroxylation is 1. The van der Waals surface area contributed by atoms with Gasteiger partial charge < -0.3 is 21.5 Å². The van der Waals surface area contributed by atoms with Gasteiger partial charge >= 0.3 is 12.2 Å². The zero-order valence-electron chi connectivity index (χ0n) is 13.4. The van der Waals surface area contributed by atoms with Crippen molar-refractivity contribution < 1.29 is 23.1 Å². The van der Waals surface area contributed by atoms with Gasteiger partial charge in [-0.1, -0.05) is 18.2 Å². The van der Waals surface area contributed by atoms with Crippen molar-refractivity contribution in [1.82, 2.24) is 5.32 Å². The Morgan fingerprint density at radius 3 is 2.56 bits per heavy atom. The molecular weight excluding hydrogens is 335 g/mol. The molecule has 0 saturated carbocycles. The molecule has 0 fully saturated rings. The van der Waals surface area contributed by atoms with Gasteiger partial charge in [0.15, 0.2) is 0 Å². The predicted octanol–water partition coefficient (Wildman–Crippen LogP) is 3.45.